The van der Waals surface area contributed by atoms with Gasteiger partial charge in [0.15, 0.2) is 5.75 Å². The Kier molecular flexibility index (Phi) is 4.05. The van der Waals surface area contributed by atoms with Crippen LogP contribution in [0.25, 0.3) is 0 Å². The fourth-order valence-electron chi connectivity index (χ4n) is 2.84. The van der Waals surface area contributed by atoms with E-state index in [9.17, 15) is 0 Å². The number of aryl methyl sites for hydroxylation is 1. The summed E-state index contributed by atoms with van der Waals surface area (Å²) in [7, 11) is 1.71. The molecule has 4 heteroatoms. The molecule has 96 valence electrons. The minimum atomic E-state index is 0.244. The van der Waals surface area contributed by atoms with E-state index < -0.39 is 0 Å². The molecule has 0 bridgehead atoms. The van der Waals surface area contributed by atoms with E-state index in [0.717, 1.165) is 25.1 Å². The van der Waals surface area contributed by atoms with Gasteiger partial charge >= 0.3 is 0 Å². The first kappa shape index (κ1) is 12.4. The number of rotatable bonds is 3. The number of nitrogens with zero attached hydrogens (tertiary/aromatic N) is 2. The maximum absolute atomic E-state index is 6.32. The SMILES string of the molecule is CCn1ncc(OC)c1C1CCCCCC1N. The number of methoxy groups -OCH3 is 1. The van der Waals surface area contributed by atoms with Gasteiger partial charge in [-0.05, 0) is 19.8 Å². The fraction of sp³-hybridized carbons (Fsp3) is 0.769. The van der Waals surface area contributed by atoms with Crippen LogP contribution in [0.3, 0.4) is 0 Å². The van der Waals surface area contributed by atoms with Crippen LogP contribution in [0, 0.1) is 0 Å². The van der Waals surface area contributed by atoms with Gasteiger partial charge in [-0.25, -0.2) is 0 Å². The van der Waals surface area contributed by atoms with Crippen molar-refractivity contribution in [2.75, 3.05) is 7.11 Å². The highest BCUT2D eigenvalue weighted by Gasteiger charge is 2.28. The standard InChI is InChI=1S/C13H23N3O/c1-3-16-13(12(17-2)9-15-16)10-7-5-4-6-8-11(10)14/h9-11H,3-8,14H2,1-2H3. The van der Waals surface area contributed by atoms with Crippen molar-refractivity contribution >= 4 is 0 Å². The summed E-state index contributed by atoms with van der Waals surface area (Å²) in [5.41, 5.74) is 7.52. The summed E-state index contributed by atoms with van der Waals surface area (Å²) in [6, 6.07) is 0.244. The van der Waals surface area contributed by atoms with Gasteiger partial charge in [0.1, 0.15) is 0 Å². The molecule has 1 aromatic heterocycles. The molecular formula is C13H23N3O. The summed E-state index contributed by atoms with van der Waals surface area (Å²) >= 11 is 0. The Hall–Kier alpha value is -1.03. The van der Waals surface area contributed by atoms with Crippen LogP contribution in [0.1, 0.15) is 50.6 Å². The summed E-state index contributed by atoms with van der Waals surface area (Å²) in [6.45, 7) is 2.99. The molecule has 0 spiro atoms. The van der Waals surface area contributed by atoms with E-state index in [0.29, 0.717) is 5.92 Å². The fourth-order valence-corrected chi connectivity index (χ4v) is 2.84. The molecule has 2 unspecified atom stereocenters. The average molecular weight is 237 g/mol. The molecule has 1 aliphatic carbocycles. The predicted octanol–water partition coefficient (Wildman–Crippen LogP) is 2.29. The Morgan fingerprint density at radius 2 is 2.18 bits per heavy atom. The van der Waals surface area contributed by atoms with Crippen LogP contribution in [0.5, 0.6) is 5.75 Å². The Morgan fingerprint density at radius 3 is 2.88 bits per heavy atom. The van der Waals surface area contributed by atoms with Gasteiger partial charge in [-0.2, -0.15) is 5.10 Å². The van der Waals surface area contributed by atoms with Crippen molar-refractivity contribution in [1.29, 1.82) is 0 Å². The van der Waals surface area contributed by atoms with E-state index >= 15 is 0 Å². The van der Waals surface area contributed by atoms with Crippen molar-refractivity contribution in [2.24, 2.45) is 5.73 Å². The van der Waals surface area contributed by atoms with Crippen molar-refractivity contribution in [3.05, 3.63) is 11.9 Å². The lowest BCUT2D eigenvalue weighted by molar-refractivity contribution is 0.387. The zero-order valence-electron chi connectivity index (χ0n) is 10.9. The van der Waals surface area contributed by atoms with Gasteiger partial charge in [-0.15, -0.1) is 0 Å². The lowest BCUT2D eigenvalue weighted by Crippen LogP contribution is -2.29. The predicted molar refractivity (Wildman–Crippen MR) is 68.3 cm³/mol. The second kappa shape index (κ2) is 5.54. The number of nitrogens with two attached hydrogens (primary N) is 1. The summed E-state index contributed by atoms with van der Waals surface area (Å²) in [6.07, 6.45) is 7.89. The van der Waals surface area contributed by atoms with E-state index in [1.54, 1.807) is 7.11 Å². The van der Waals surface area contributed by atoms with E-state index in [1.165, 1.54) is 25.0 Å². The smallest absolute Gasteiger partial charge is 0.160 e. The normalized spacial score (nSPS) is 25.6. The summed E-state index contributed by atoms with van der Waals surface area (Å²) in [5, 5.41) is 4.38. The molecule has 2 atom stereocenters. The highest BCUT2D eigenvalue weighted by molar-refractivity contribution is 5.30. The third-order valence-electron chi connectivity index (χ3n) is 3.78. The lowest BCUT2D eigenvalue weighted by Gasteiger charge is -2.23. The van der Waals surface area contributed by atoms with Gasteiger partial charge in [0.05, 0.1) is 19.0 Å². The van der Waals surface area contributed by atoms with Crippen LogP contribution >= 0.6 is 0 Å². The largest absolute Gasteiger partial charge is 0.493 e. The minimum Gasteiger partial charge on any atom is -0.493 e. The Balaban J connectivity index is 2.32. The molecule has 1 fully saturated rings. The second-order valence-electron chi connectivity index (χ2n) is 4.82. The Bertz CT molecular complexity index is 340. The molecule has 0 amide bonds. The molecule has 0 saturated heterocycles. The summed E-state index contributed by atoms with van der Waals surface area (Å²) in [4.78, 5) is 0. The van der Waals surface area contributed by atoms with Crippen molar-refractivity contribution in [3.8, 4) is 5.75 Å². The molecular weight excluding hydrogens is 214 g/mol. The second-order valence-corrected chi connectivity index (χ2v) is 4.82. The van der Waals surface area contributed by atoms with Crippen LogP contribution in [-0.2, 0) is 6.54 Å². The van der Waals surface area contributed by atoms with Gasteiger partial charge in [0.25, 0.3) is 0 Å². The quantitative estimate of drug-likeness (QED) is 0.821. The molecule has 1 aromatic rings. The zero-order valence-corrected chi connectivity index (χ0v) is 10.9. The Labute approximate surface area is 103 Å². The maximum Gasteiger partial charge on any atom is 0.160 e. The molecule has 0 radical (unpaired) electrons. The molecule has 0 aromatic carbocycles. The number of aromatic nitrogens is 2. The maximum atomic E-state index is 6.32. The first-order valence-electron chi connectivity index (χ1n) is 6.63. The molecule has 1 aliphatic rings. The molecule has 2 rings (SSSR count). The molecule has 4 nitrogen and oxygen atoms in total. The molecule has 17 heavy (non-hydrogen) atoms. The van der Waals surface area contributed by atoms with Crippen molar-refractivity contribution in [2.45, 2.75) is 57.5 Å². The monoisotopic (exact) mass is 237 g/mol. The van der Waals surface area contributed by atoms with Gasteiger partial charge in [-0.1, -0.05) is 19.3 Å². The number of ether oxygens (including phenoxy) is 1. The van der Waals surface area contributed by atoms with Crippen LogP contribution in [0.15, 0.2) is 6.20 Å². The van der Waals surface area contributed by atoms with E-state index in [1.807, 2.05) is 10.9 Å². The average Bonchev–Trinajstić information content (AvgIpc) is 2.64. The van der Waals surface area contributed by atoms with Crippen molar-refractivity contribution in [1.82, 2.24) is 9.78 Å². The summed E-state index contributed by atoms with van der Waals surface area (Å²) < 4.78 is 7.47. The van der Waals surface area contributed by atoms with E-state index in [-0.39, 0.29) is 6.04 Å². The first-order chi connectivity index (χ1) is 8.27. The van der Waals surface area contributed by atoms with Gasteiger partial charge < -0.3 is 10.5 Å². The molecule has 2 N–H and O–H groups in total. The highest BCUT2D eigenvalue weighted by Crippen LogP contribution is 2.35. The summed E-state index contributed by atoms with van der Waals surface area (Å²) in [5.74, 6) is 1.30. The van der Waals surface area contributed by atoms with E-state index in [4.69, 9.17) is 10.5 Å². The minimum absolute atomic E-state index is 0.244. The Morgan fingerprint density at radius 1 is 1.41 bits per heavy atom. The highest BCUT2D eigenvalue weighted by atomic mass is 16.5. The third kappa shape index (κ3) is 2.46. The van der Waals surface area contributed by atoms with Crippen LogP contribution in [-0.4, -0.2) is 22.9 Å². The van der Waals surface area contributed by atoms with Crippen LogP contribution in [0.4, 0.5) is 0 Å². The van der Waals surface area contributed by atoms with Gasteiger partial charge in [0, 0.05) is 18.5 Å². The topological polar surface area (TPSA) is 53.1 Å². The molecule has 1 saturated carbocycles. The van der Waals surface area contributed by atoms with Gasteiger partial charge in [0.2, 0.25) is 0 Å². The van der Waals surface area contributed by atoms with Crippen LogP contribution < -0.4 is 10.5 Å². The zero-order chi connectivity index (χ0) is 12.3. The van der Waals surface area contributed by atoms with E-state index in [2.05, 4.69) is 12.0 Å². The lowest BCUT2D eigenvalue weighted by atomic mass is 9.91. The first-order valence-corrected chi connectivity index (χ1v) is 6.63. The number of hydrogen-bond acceptors (Lipinski definition) is 3. The molecule has 0 aliphatic heterocycles. The van der Waals surface area contributed by atoms with Crippen molar-refractivity contribution < 1.29 is 4.74 Å². The number of hydrogen-bond donors (Lipinski definition) is 1. The molecule has 1 heterocycles. The van der Waals surface area contributed by atoms with Crippen molar-refractivity contribution in [3.63, 3.8) is 0 Å². The van der Waals surface area contributed by atoms with Gasteiger partial charge in [-0.3, -0.25) is 4.68 Å². The van der Waals surface area contributed by atoms with Crippen LogP contribution in [0.2, 0.25) is 0 Å². The third-order valence-corrected chi connectivity index (χ3v) is 3.78.